The van der Waals surface area contributed by atoms with Gasteiger partial charge in [-0.15, -0.1) is 0 Å². The van der Waals surface area contributed by atoms with Gasteiger partial charge in [-0.05, 0) is 19.3 Å². The second-order valence-corrected chi connectivity index (χ2v) is 3.67. The van der Waals surface area contributed by atoms with Crippen LogP contribution in [0.2, 0.25) is 0 Å². The highest BCUT2D eigenvalue weighted by molar-refractivity contribution is 4.63. The molecule has 0 aliphatic carbocycles. The average Bonchev–Trinajstić information content (AvgIpc) is 1.96. The van der Waals surface area contributed by atoms with Crippen LogP contribution in [0.3, 0.4) is 0 Å². The molecule has 1 atom stereocenters. The van der Waals surface area contributed by atoms with Gasteiger partial charge >= 0.3 is 0 Å². The SMILES string of the molecule is CCCC(CC)CCC(C)(F)F. The molecular weight excluding hydrogens is 158 g/mol. The first-order chi connectivity index (χ1) is 5.49. The van der Waals surface area contributed by atoms with E-state index in [9.17, 15) is 8.78 Å². The molecule has 0 heterocycles. The van der Waals surface area contributed by atoms with Crippen molar-refractivity contribution in [1.29, 1.82) is 0 Å². The molecule has 0 saturated carbocycles. The predicted molar refractivity (Wildman–Crippen MR) is 48.5 cm³/mol. The minimum Gasteiger partial charge on any atom is -0.207 e. The first-order valence-corrected chi connectivity index (χ1v) is 4.87. The molecule has 0 rings (SSSR count). The Morgan fingerprint density at radius 2 is 1.75 bits per heavy atom. The molecule has 0 fully saturated rings. The average molecular weight is 178 g/mol. The van der Waals surface area contributed by atoms with Gasteiger partial charge in [0, 0.05) is 6.42 Å². The van der Waals surface area contributed by atoms with Gasteiger partial charge in [-0.3, -0.25) is 0 Å². The molecule has 0 radical (unpaired) electrons. The van der Waals surface area contributed by atoms with E-state index >= 15 is 0 Å². The number of halogens is 2. The van der Waals surface area contributed by atoms with E-state index in [0.717, 1.165) is 26.2 Å². The molecule has 1 unspecified atom stereocenters. The number of alkyl halides is 2. The molecule has 0 aliphatic heterocycles. The molecule has 0 aliphatic rings. The highest BCUT2D eigenvalue weighted by Crippen LogP contribution is 2.25. The monoisotopic (exact) mass is 178 g/mol. The second kappa shape index (κ2) is 5.50. The zero-order valence-electron chi connectivity index (χ0n) is 8.37. The van der Waals surface area contributed by atoms with Crippen LogP contribution in [0.1, 0.15) is 52.9 Å². The summed E-state index contributed by atoms with van der Waals surface area (Å²) < 4.78 is 24.9. The fourth-order valence-electron chi connectivity index (χ4n) is 1.42. The van der Waals surface area contributed by atoms with Crippen molar-refractivity contribution in [3.8, 4) is 0 Å². The van der Waals surface area contributed by atoms with Crippen molar-refractivity contribution in [2.45, 2.75) is 58.8 Å². The fourth-order valence-corrected chi connectivity index (χ4v) is 1.42. The normalized spacial score (nSPS) is 14.8. The quantitative estimate of drug-likeness (QED) is 0.570. The lowest BCUT2D eigenvalue weighted by atomic mass is 9.94. The molecule has 0 aromatic carbocycles. The summed E-state index contributed by atoms with van der Waals surface area (Å²) in [5.74, 6) is -1.97. The second-order valence-electron chi connectivity index (χ2n) is 3.67. The Kier molecular flexibility index (Phi) is 5.43. The smallest absolute Gasteiger partial charge is 0.207 e. The van der Waals surface area contributed by atoms with E-state index in [1.807, 2.05) is 0 Å². The molecule has 0 spiro atoms. The molecule has 0 amide bonds. The van der Waals surface area contributed by atoms with Gasteiger partial charge in [0.05, 0.1) is 0 Å². The summed E-state index contributed by atoms with van der Waals surface area (Å²) in [5, 5.41) is 0. The van der Waals surface area contributed by atoms with Crippen LogP contribution in [0.25, 0.3) is 0 Å². The van der Waals surface area contributed by atoms with Gasteiger partial charge in [0.1, 0.15) is 0 Å². The fraction of sp³-hybridized carbons (Fsp3) is 1.00. The maximum Gasteiger partial charge on any atom is 0.245 e. The van der Waals surface area contributed by atoms with Crippen LogP contribution in [0.4, 0.5) is 8.78 Å². The minimum absolute atomic E-state index is 0.0471. The molecular formula is C10H20F2. The maximum atomic E-state index is 12.5. The van der Waals surface area contributed by atoms with Crippen LogP contribution < -0.4 is 0 Å². The first kappa shape index (κ1) is 11.9. The Labute approximate surface area is 74.4 Å². The van der Waals surface area contributed by atoms with Crippen LogP contribution in [-0.2, 0) is 0 Å². The summed E-state index contributed by atoms with van der Waals surface area (Å²) in [6, 6.07) is 0. The molecule has 0 bridgehead atoms. The van der Waals surface area contributed by atoms with E-state index < -0.39 is 5.92 Å². The summed E-state index contributed by atoms with van der Waals surface area (Å²) >= 11 is 0. The third-order valence-electron chi connectivity index (χ3n) is 2.27. The van der Waals surface area contributed by atoms with Crippen LogP contribution >= 0.6 is 0 Å². The van der Waals surface area contributed by atoms with Gasteiger partial charge in [-0.25, -0.2) is 8.78 Å². The lowest BCUT2D eigenvalue weighted by Crippen LogP contribution is -2.12. The van der Waals surface area contributed by atoms with Crippen molar-refractivity contribution in [3.63, 3.8) is 0 Å². The third-order valence-corrected chi connectivity index (χ3v) is 2.27. The largest absolute Gasteiger partial charge is 0.245 e. The van der Waals surface area contributed by atoms with Gasteiger partial charge in [0.25, 0.3) is 0 Å². The Balaban J connectivity index is 3.58. The van der Waals surface area contributed by atoms with Crippen molar-refractivity contribution in [1.82, 2.24) is 0 Å². The maximum absolute atomic E-state index is 12.5. The number of rotatable bonds is 6. The van der Waals surface area contributed by atoms with E-state index in [-0.39, 0.29) is 6.42 Å². The summed E-state index contributed by atoms with van der Waals surface area (Å²) in [6.07, 6.45) is 3.95. The summed E-state index contributed by atoms with van der Waals surface area (Å²) in [7, 11) is 0. The van der Waals surface area contributed by atoms with Gasteiger partial charge in [-0.1, -0.05) is 33.1 Å². The minimum atomic E-state index is -2.47. The third kappa shape index (κ3) is 6.56. The molecule has 0 saturated heterocycles. The van der Waals surface area contributed by atoms with Gasteiger partial charge < -0.3 is 0 Å². The van der Waals surface area contributed by atoms with Gasteiger partial charge in [0.15, 0.2) is 0 Å². The summed E-state index contributed by atoms with van der Waals surface area (Å²) in [6.45, 7) is 5.19. The standard InChI is InChI=1S/C10H20F2/c1-4-6-9(5-2)7-8-10(3,11)12/h9H,4-8H2,1-3H3. The zero-order chi connectivity index (χ0) is 9.61. The Morgan fingerprint density at radius 1 is 1.17 bits per heavy atom. The Hall–Kier alpha value is -0.140. The van der Waals surface area contributed by atoms with Gasteiger partial charge in [-0.2, -0.15) is 0 Å². The highest BCUT2D eigenvalue weighted by Gasteiger charge is 2.21. The Morgan fingerprint density at radius 3 is 2.08 bits per heavy atom. The number of hydrogen-bond donors (Lipinski definition) is 0. The molecule has 74 valence electrons. The van der Waals surface area contributed by atoms with Crippen molar-refractivity contribution >= 4 is 0 Å². The predicted octanol–water partition coefficient (Wildman–Crippen LogP) is 4.25. The highest BCUT2D eigenvalue weighted by atomic mass is 19.3. The van der Waals surface area contributed by atoms with Crippen molar-refractivity contribution in [3.05, 3.63) is 0 Å². The van der Waals surface area contributed by atoms with Crippen LogP contribution in [-0.4, -0.2) is 5.92 Å². The summed E-state index contributed by atoms with van der Waals surface area (Å²) in [4.78, 5) is 0. The van der Waals surface area contributed by atoms with Gasteiger partial charge in [0.2, 0.25) is 5.92 Å². The van der Waals surface area contributed by atoms with E-state index in [2.05, 4.69) is 13.8 Å². The molecule has 0 aromatic heterocycles. The lowest BCUT2D eigenvalue weighted by Gasteiger charge is -2.16. The van der Waals surface area contributed by atoms with E-state index in [0.29, 0.717) is 12.3 Å². The first-order valence-electron chi connectivity index (χ1n) is 4.87. The van der Waals surface area contributed by atoms with Crippen molar-refractivity contribution < 1.29 is 8.78 Å². The molecule has 2 heteroatoms. The van der Waals surface area contributed by atoms with Crippen molar-refractivity contribution in [2.24, 2.45) is 5.92 Å². The van der Waals surface area contributed by atoms with Crippen LogP contribution in [0.15, 0.2) is 0 Å². The Bertz CT molecular complexity index is 105. The topological polar surface area (TPSA) is 0 Å². The van der Waals surface area contributed by atoms with Crippen molar-refractivity contribution in [2.75, 3.05) is 0 Å². The van der Waals surface area contributed by atoms with Crippen LogP contribution in [0.5, 0.6) is 0 Å². The molecule has 0 aromatic rings. The van der Waals surface area contributed by atoms with E-state index in [1.54, 1.807) is 0 Å². The molecule has 12 heavy (non-hydrogen) atoms. The lowest BCUT2D eigenvalue weighted by molar-refractivity contribution is 0.00612. The number of hydrogen-bond acceptors (Lipinski definition) is 0. The molecule has 0 N–H and O–H groups in total. The van der Waals surface area contributed by atoms with Crippen LogP contribution in [0, 0.1) is 5.92 Å². The van der Waals surface area contributed by atoms with E-state index in [4.69, 9.17) is 0 Å². The molecule has 0 nitrogen and oxygen atoms in total. The zero-order valence-corrected chi connectivity index (χ0v) is 8.37. The van der Waals surface area contributed by atoms with E-state index in [1.165, 1.54) is 0 Å². The summed E-state index contributed by atoms with van der Waals surface area (Å²) in [5.41, 5.74) is 0.